The van der Waals surface area contributed by atoms with E-state index in [0.29, 0.717) is 54.9 Å². The van der Waals surface area contributed by atoms with Gasteiger partial charge in [-0.25, -0.2) is 19.3 Å². The number of anilines is 2. The van der Waals surface area contributed by atoms with E-state index >= 15 is 0 Å². The van der Waals surface area contributed by atoms with E-state index in [1.54, 1.807) is 18.3 Å². The molecule has 0 saturated carbocycles. The van der Waals surface area contributed by atoms with Crippen molar-refractivity contribution in [1.29, 1.82) is 0 Å². The monoisotopic (exact) mass is 644 g/mol. The lowest BCUT2D eigenvalue weighted by molar-refractivity contribution is -0.147. The van der Waals surface area contributed by atoms with Crippen molar-refractivity contribution in [1.82, 2.24) is 30.2 Å². The zero-order chi connectivity index (χ0) is 31.4. The van der Waals surface area contributed by atoms with Crippen LogP contribution in [0.3, 0.4) is 0 Å². The Morgan fingerprint density at radius 2 is 1.84 bits per heavy atom. The topological polar surface area (TPSA) is 99.2 Å². The minimum absolute atomic E-state index is 0. The number of piperidine rings is 1. The van der Waals surface area contributed by atoms with Crippen molar-refractivity contribution in [2.75, 3.05) is 50.5 Å². The number of aromatic nitrogens is 4. The Morgan fingerprint density at radius 1 is 1.09 bits per heavy atom. The first-order valence-electron chi connectivity index (χ1n) is 14.4. The molecule has 0 radical (unpaired) electrons. The smallest absolute Gasteiger partial charge is 0.369 e. The molecular formula is C31H36F4N8OS. The molecule has 1 aromatic carbocycles. The zero-order valence-electron chi connectivity index (χ0n) is 25.2. The molecule has 2 N–H and O–H groups in total. The van der Waals surface area contributed by atoms with Crippen molar-refractivity contribution in [2.24, 2.45) is 0 Å². The van der Waals surface area contributed by atoms with Gasteiger partial charge >= 0.3 is 6.18 Å². The first-order chi connectivity index (χ1) is 21.0. The Bertz CT molecular complexity index is 1610. The van der Waals surface area contributed by atoms with Crippen molar-refractivity contribution in [2.45, 2.75) is 37.9 Å². The van der Waals surface area contributed by atoms with Gasteiger partial charge < -0.3 is 15.5 Å². The van der Waals surface area contributed by atoms with Crippen molar-refractivity contribution >= 4 is 41.9 Å². The van der Waals surface area contributed by atoms with Gasteiger partial charge in [0.1, 0.15) is 18.0 Å². The molecule has 9 nitrogen and oxygen atoms in total. The Kier molecular flexibility index (Phi) is 10.8. The Hall–Kier alpha value is -4.04. The largest absolute Gasteiger partial charge is 0.401 e. The number of benzene rings is 1. The van der Waals surface area contributed by atoms with Crippen LogP contribution in [-0.4, -0.2) is 83.2 Å². The molecule has 1 aliphatic heterocycles. The summed E-state index contributed by atoms with van der Waals surface area (Å²) in [7, 11) is 3.38. The first-order valence-corrected chi connectivity index (χ1v) is 14.4. The molecule has 0 aliphatic carbocycles. The van der Waals surface area contributed by atoms with Crippen LogP contribution in [0.4, 0.5) is 29.2 Å². The van der Waals surface area contributed by atoms with Gasteiger partial charge in [0.15, 0.2) is 5.82 Å². The van der Waals surface area contributed by atoms with Gasteiger partial charge in [0, 0.05) is 68.9 Å². The second kappa shape index (κ2) is 14.4. The summed E-state index contributed by atoms with van der Waals surface area (Å²) in [5.74, 6) is 0.120. The van der Waals surface area contributed by atoms with Crippen molar-refractivity contribution in [3.05, 3.63) is 72.1 Å². The lowest BCUT2D eigenvalue weighted by Gasteiger charge is -2.37. The van der Waals surface area contributed by atoms with Gasteiger partial charge in [-0.2, -0.15) is 26.7 Å². The number of nitrogens with zero attached hydrogens (tertiary/aromatic N) is 6. The molecule has 5 rings (SSSR count). The number of alkyl halides is 3. The molecular weight excluding hydrogens is 608 g/mol. The Balaban J connectivity index is 0.00000461. The SMILES string of the molecule is CNC(=O)c1c(F)cnc2c([C@H](C)CNc3cc(-c4ccc(N(C)C5CCN(CC(F)(F)F)CC5)nc4)ncn3)cccc12.S. The average molecular weight is 645 g/mol. The van der Waals surface area contributed by atoms with Gasteiger partial charge in [0.2, 0.25) is 0 Å². The van der Waals surface area contributed by atoms with E-state index in [0.717, 1.165) is 23.1 Å². The van der Waals surface area contributed by atoms with Crippen molar-refractivity contribution in [3.8, 4) is 11.3 Å². The lowest BCUT2D eigenvalue weighted by atomic mass is 9.96. The molecule has 0 bridgehead atoms. The highest BCUT2D eigenvalue weighted by Gasteiger charge is 2.33. The number of likely N-dealkylation sites (tertiary alicyclic amines) is 1. The van der Waals surface area contributed by atoms with Gasteiger partial charge in [-0.15, -0.1) is 0 Å². The normalized spacial score (nSPS) is 14.9. The quantitative estimate of drug-likeness (QED) is 0.235. The third kappa shape index (κ3) is 7.98. The molecule has 1 amide bonds. The number of para-hydroxylation sites is 1. The zero-order valence-corrected chi connectivity index (χ0v) is 26.2. The number of pyridine rings is 2. The van der Waals surface area contributed by atoms with Gasteiger partial charge in [-0.1, -0.05) is 25.1 Å². The van der Waals surface area contributed by atoms with Crippen LogP contribution >= 0.6 is 13.5 Å². The fourth-order valence-electron chi connectivity index (χ4n) is 5.61. The number of carbonyl (C=O) groups is 1. The van der Waals surface area contributed by atoms with Gasteiger partial charge in [0.05, 0.1) is 29.5 Å². The van der Waals surface area contributed by atoms with Crippen LogP contribution in [0, 0.1) is 5.82 Å². The van der Waals surface area contributed by atoms with E-state index in [1.807, 2.05) is 43.1 Å². The summed E-state index contributed by atoms with van der Waals surface area (Å²) >= 11 is 0. The minimum atomic E-state index is -4.18. The molecule has 4 heterocycles. The number of halogens is 4. The third-order valence-electron chi connectivity index (χ3n) is 8.04. The summed E-state index contributed by atoms with van der Waals surface area (Å²) < 4.78 is 52.6. The van der Waals surface area contributed by atoms with Crippen LogP contribution in [0.1, 0.15) is 41.6 Å². The fourth-order valence-corrected chi connectivity index (χ4v) is 5.61. The predicted molar refractivity (Wildman–Crippen MR) is 172 cm³/mol. The van der Waals surface area contributed by atoms with Crippen LogP contribution < -0.4 is 15.5 Å². The summed E-state index contributed by atoms with van der Waals surface area (Å²) in [4.78, 5) is 33.4. The second-order valence-corrected chi connectivity index (χ2v) is 11.0. The van der Waals surface area contributed by atoms with Crippen molar-refractivity contribution in [3.63, 3.8) is 0 Å². The number of hydrogen-bond acceptors (Lipinski definition) is 8. The lowest BCUT2D eigenvalue weighted by Crippen LogP contribution is -2.46. The Morgan fingerprint density at radius 3 is 2.51 bits per heavy atom. The van der Waals surface area contributed by atoms with Gasteiger partial charge in [-0.3, -0.25) is 14.7 Å². The summed E-state index contributed by atoms with van der Waals surface area (Å²) in [6.07, 6.45) is 1.36. The van der Waals surface area contributed by atoms with Crippen LogP contribution in [0.5, 0.6) is 0 Å². The Labute approximate surface area is 265 Å². The summed E-state index contributed by atoms with van der Waals surface area (Å²) in [6, 6.07) is 11.1. The summed E-state index contributed by atoms with van der Waals surface area (Å²) in [6.45, 7) is 2.43. The van der Waals surface area contributed by atoms with Crippen LogP contribution in [-0.2, 0) is 0 Å². The number of fused-ring (bicyclic) bond motifs is 1. The van der Waals surface area contributed by atoms with E-state index in [-0.39, 0.29) is 31.0 Å². The van der Waals surface area contributed by atoms with Gasteiger partial charge in [-0.05, 0) is 30.5 Å². The van der Waals surface area contributed by atoms with E-state index < -0.39 is 24.4 Å². The maximum atomic E-state index is 14.5. The summed E-state index contributed by atoms with van der Waals surface area (Å²) in [5.41, 5.74) is 2.87. The predicted octanol–water partition coefficient (Wildman–Crippen LogP) is 5.38. The van der Waals surface area contributed by atoms with E-state index in [9.17, 15) is 22.4 Å². The maximum absolute atomic E-state index is 14.5. The number of amides is 1. The van der Waals surface area contributed by atoms with Crippen LogP contribution in [0.25, 0.3) is 22.2 Å². The molecule has 1 atom stereocenters. The number of hydrogen-bond donors (Lipinski definition) is 2. The molecule has 0 spiro atoms. The van der Waals surface area contributed by atoms with E-state index in [1.165, 1.54) is 18.3 Å². The van der Waals surface area contributed by atoms with Gasteiger partial charge in [0.25, 0.3) is 5.91 Å². The van der Waals surface area contributed by atoms with Crippen LogP contribution in [0.15, 0.2) is 55.1 Å². The fraction of sp³-hybridized carbons (Fsp3) is 0.387. The van der Waals surface area contributed by atoms with Crippen LogP contribution in [0.2, 0.25) is 0 Å². The maximum Gasteiger partial charge on any atom is 0.401 e. The molecule has 240 valence electrons. The molecule has 1 aliphatic rings. The average Bonchev–Trinajstić information content (AvgIpc) is 3.02. The minimum Gasteiger partial charge on any atom is -0.369 e. The molecule has 45 heavy (non-hydrogen) atoms. The highest BCUT2D eigenvalue weighted by molar-refractivity contribution is 7.59. The standard InChI is InChI=1S/C31H34F4N8O.H2S/c1-19(22-5-4-6-23-28(30(44)36-2)24(32)16-39-29(22)23)14-37-26-13-25(40-18-41-26)20-7-8-27(38-15-20)42(3)21-9-11-43(12-10-21)17-31(33,34)35;/h4-8,13,15-16,18-19,21H,9-12,14,17H2,1-3H3,(H,36,44)(H,37,40,41);1H2/t19-;/m1./s1. The molecule has 1 saturated heterocycles. The highest BCUT2D eigenvalue weighted by Crippen LogP contribution is 2.29. The molecule has 14 heteroatoms. The second-order valence-electron chi connectivity index (χ2n) is 11.0. The number of carbonyl (C=O) groups excluding carboxylic acids is 1. The number of nitrogens with one attached hydrogen (secondary N) is 2. The number of rotatable bonds is 9. The van der Waals surface area contributed by atoms with Crippen molar-refractivity contribution < 1.29 is 22.4 Å². The van der Waals surface area contributed by atoms with E-state index in [2.05, 4.69) is 30.6 Å². The molecule has 4 aromatic rings. The summed E-state index contributed by atoms with van der Waals surface area (Å²) in [5, 5.41) is 6.27. The molecule has 3 aromatic heterocycles. The molecule has 1 fully saturated rings. The molecule has 0 unspecified atom stereocenters. The van der Waals surface area contributed by atoms with E-state index in [4.69, 9.17) is 0 Å². The third-order valence-corrected chi connectivity index (χ3v) is 8.04. The highest BCUT2D eigenvalue weighted by atomic mass is 32.1. The first kappa shape index (κ1) is 33.8.